The van der Waals surface area contributed by atoms with E-state index in [0.29, 0.717) is 31.4 Å². The van der Waals surface area contributed by atoms with Gasteiger partial charge >= 0.3 is 6.18 Å². The number of fused-ring (bicyclic) bond motifs is 1. The quantitative estimate of drug-likeness (QED) is 0.540. The highest BCUT2D eigenvalue weighted by atomic mass is 35.5. The molecule has 1 aliphatic heterocycles. The highest BCUT2D eigenvalue weighted by molar-refractivity contribution is 7.22. The molecule has 0 bridgehead atoms. The van der Waals surface area contributed by atoms with Gasteiger partial charge in [-0.25, -0.2) is 4.98 Å². The van der Waals surface area contributed by atoms with Crippen LogP contribution < -0.4 is 4.90 Å². The first-order valence-corrected chi connectivity index (χ1v) is 10.4. The number of hydrogen-bond acceptors (Lipinski definition) is 5. The van der Waals surface area contributed by atoms with Crippen LogP contribution in [-0.2, 0) is 10.9 Å². The average Bonchev–Trinajstić information content (AvgIpc) is 3.18. The Bertz CT molecular complexity index is 1000. The summed E-state index contributed by atoms with van der Waals surface area (Å²) >= 11 is 1.35. The van der Waals surface area contributed by atoms with E-state index in [1.807, 2.05) is 24.3 Å². The largest absolute Gasteiger partial charge is 0.416 e. The Hall–Kier alpha value is -2.20. The Morgan fingerprint density at radius 3 is 2.58 bits per heavy atom. The zero-order valence-corrected chi connectivity index (χ0v) is 18.1. The third-order valence-electron chi connectivity index (χ3n) is 4.94. The maximum Gasteiger partial charge on any atom is 0.416 e. The number of carbonyl (C=O) groups is 1. The van der Waals surface area contributed by atoms with Crippen molar-refractivity contribution in [1.82, 2.24) is 9.88 Å². The minimum absolute atomic E-state index is 0. The Balaban J connectivity index is 0.00000272. The van der Waals surface area contributed by atoms with Gasteiger partial charge in [-0.15, -0.1) is 12.4 Å². The van der Waals surface area contributed by atoms with Gasteiger partial charge in [-0.2, -0.15) is 13.2 Å². The van der Waals surface area contributed by atoms with Crippen molar-refractivity contribution in [2.24, 2.45) is 0 Å². The normalized spacial score (nSPS) is 14.9. The number of rotatable bonds is 5. The molecule has 1 fully saturated rings. The van der Waals surface area contributed by atoms with E-state index in [2.05, 4.69) is 9.88 Å². The summed E-state index contributed by atoms with van der Waals surface area (Å²) in [6, 6.07) is 12.0. The predicted molar refractivity (Wildman–Crippen MR) is 117 cm³/mol. The van der Waals surface area contributed by atoms with E-state index in [-0.39, 0.29) is 18.0 Å². The summed E-state index contributed by atoms with van der Waals surface area (Å²) in [5.74, 6) is -0.492. The number of anilines is 1. The van der Waals surface area contributed by atoms with Gasteiger partial charge in [-0.3, -0.25) is 14.6 Å². The minimum Gasteiger partial charge on any atom is -0.379 e. The summed E-state index contributed by atoms with van der Waals surface area (Å²) in [6.07, 6.45) is -4.51. The number of carbonyl (C=O) groups excluding carboxylic acids is 1. The summed E-state index contributed by atoms with van der Waals surface area (Å²) < 4.78 is 45.7. The molecule has 0 N–H and O–H groups in total. The lowest BCUT2D eigenvalue weighted by atomic mass is 10.1. The molecule has 5 nitrogen and oxygen atoms in total. The molecule has 4 rings (SSSR count). The van der Waals surface area contributed by atoms with E-state index in [9.17, 15) is 18.0 Å². The standard InChI is InChI=1S/C21H20F3N3O2S.ClH/c22-21(23,24)16-5-3-4-15(14-16)19(28)27(9-8-26-10-12-29-13-11-26)20-25-17-6-1-2-7-18(17)30-20;/h1-7,14H,8-13H2;1H. The van der Waals surface area contributed by atoms with Crippen LogP contribution in [0, 0.1) is 0 Å². The van der Waals surface area contributed by atoms with E-state index in [1.54, 1.807) is 0 Å². The number of ether oxygens (including phenoxy) is 1. The van der Waals surface area contributed by atoms with Crippen molar-refractivity contribution in [2.75, 3.05) is 44.3 Å². The molecule has 3 aromatic rings. The lowest BCUT2D eigenvalue weighted by Gasteiger charge is -2.29. The third kappa shape index (κ3) is 5.54. The van der Waals surface area contributed by atoms with Gasteiger partial charge in [0.15, 0.2) is 5.13 Å². The number of aromatic nitrogens is 1. The maximum atomic E-state index is 13.3. The van der Waals surface area contributed by atoms with Crippen LogP contribution >= 0.6 is 23.7 Å². The Morgan fingerprint density at radius 2 is 1.87 bits per heavy atom. The number of alkyl halides is 3. The number of nitrogens with zero attached hydrogens (tertiary/aromatic N) is 3. The number of benzene rings is 2. The minimum atomic E-state index is -4.51. The number of amides is 1. The van der Waals surface area contributed by atoms with Crippen LogP contribution in [0.4, 0.5) is 18.3 Å². The molecule has 2 aromatic carbocycles. The van der Waals surface area contributed by atoms with E-state index in [0.717, 1.165) is 35.4 Å². The molecule has 2 heterocycles. The lowest BCUT2D eigenvalue weighted by molar-refractivity contribution is -0.137. The second-order valence-corrected chi connectivity index (χ2v) is 7.96. The highest BCUT2D eigenvalue weighted by Gasteiger charge is 2.32. The monoisotopic (exact) mass is 471 g/mol. The fourth-order valence-corrected chi connectivity index (χ4v) is 4.30. The smallest absolute Gasteiger partial charge is 0.379 e. The second kappa shape index (κ2) is 9.95. The first-order valence-electron chi connectivity index (χ1n) is 9.56. The Labute approximate surface area is 187 Å². The van der Waals surface area contributed by atoms with Gasteiger partial charge in [-0.1, -0.05) is 29.5 Å². The number of morpholine rings is 1. The van der Waals surface area contributed by atoms with Crippen molar-refractivity contribution in [1.29, 1.82) is 0 Å². The molecule has 0 radical (unpaired) electrons. The second-order valence-electron chi connectivity index (χ2n) is 6.95. The maximum absolute atomic E-state index is 13.3. The van der Waals surface area contributed by atoms with Crippen LogP contribution in [0.3, 0.4) is 0 Å². The topological polar surface area (TPSA) is 45.7 Å². The summed E-state index contributed by atoms with van der Waals surface area (Å²) in [6.45, 7) is 3.68. The Morgan fingerprint density at radius 1 is 1.13 bits per heavy atom. The van der Waals surface area contributed by atoms with Crippen LogP contribution in [0.2, 0.25) is 0 Å². The zero-order valence-electron chi connectivity index (χ0n) is 16.5. The van der Waals surface area contributed by atoms with Gasteiger partial charge in [-0.05, 0) is 30.3 Å². The van der Waals surface area contributed by atoms with E-state index in [4.69, 9.17) is 4.74 Å². The number of para-hydroxylation sites is 1. The van der Waals surface area contributed by atoms with Crippen LogP contribution in [-0.4, -0.2) is 55.2 Å². The van der Waals surface area contributed by atoms with Gasteiger partial charge in [0.25, 0.3) is 5.91 Å². The molecule has 166 valence electrons. The molecule has 1 aliphatic rings. The van der Waals surface area contributed by atoms with Crippen molar-refractivity contribution in [2.45, 2.75) is 6.18 Å². The van der Waals surface area contributed by atoms with Gasteiger partial charge in [0.1, 0.15) is 0 Å². The van der Waals surface area contributed by atoms with Gasteiger partial charge in [0.2, 0.25) is 0 Å². The number of halogens is 4. The predicted octanol–water partition coefficient (Wildman–Crippen LogP) is 4.72. The van der Waals surface area contributed by atoms with Crippen LogP contribution in [0.5, 0.6) is 0 Å². The zero-order chi connectivity index (χ0) is 21.1. The van der Waals surface area contributed by atoms with Crippen molar-refractivity contribution in [3.63, 3.8) is 0 Å². The molecule has 10 heteroatoms. The molecule has 0 spiro atoms. The molecule has 0 aliphatic carbocycles. The SMILES string of the molecule is Cl.O=C(c1cccc(C(F)(F)F)c1)N(CCN1CCOCC1)c1nc2ccccc2s1. The van der Waals surface area contributed by atoms with Gasteiger partial charge < -0.3 is 4.74 Å². The van der Waals surface area contributed by atoms with E-state index >= 15 is 0 Å². The summed E-state index contributed by atoms with van der Waals surface area (Å²) in [5.41, 5.74) is -0.0949. The summed E-state index contributed by atoms with van der Waals surface area (Å²) in [5, 5.41) is 0.479. The fraction of sp³-hybridized carbons (Fsp3) is 0.333. The molecule has 1 saturated heterocycles. The van der Waals surface area contributed by atoms with E-state index in [1.165, 1.54) is 28.4 Å². The van der Waals surface area contributed by atoms with Crippen LogP contribution in [0.25, 0.3) is 10.2 Å². The lowest BCUT2D eigenvalue weighted by Crippen LogP contribution is -2.43. The molecule has 1 aromatic heterocycles. The molecule has 0 saturated carbocycles. The van der Waals surface area contributed by atoms with Crippen molar-refractivity contribution >= 4 is 45.0 Å². The Kier molecular flexibility index (Phi) is 7.53. The highest BCUT2D eigenvalue weighted by Crippen LogP contribution is 2.32. The van der Waals surface area contributed by atoms with Crippen molar-refractivity contribution in [3.8, 4) is 0 Å². The van der Waals surface area contributed by atoms with E-state index < -0.39 is 17.6 Å². The fourth-order valence-electron chi connectivity index (χ4n) is 3.31. The third-order valence-corrected chi connectivity index (χ3v) is 6.00. The molecule has 1 amide bonds. The average molecular weight is 472 g/mol. The molecular weight excluding hydrogens is 451 g/mol. The molecular formula is C21H21ClF3N3O2S. The molecule has 0 unspecified atom stereocenters. The first kappa shape index (κ1) is 23.5. The number of hydrogen-bond donors (Lipinski definition) is 0. The summed E-state index contributed by atoms with van der Waals surface area (Å²) in [4.78, 5) is 21.5. The van der Waals surface area contributed by atoms with Gasteiger partial charge in [0, 0.05) is 31.7 Å². The van der Waals surface area contributed by atoms with Crippen LogP contribution in [0.15, 0.2) is 48.5 Å². The first-order chi connectivity index (χ1) is 14.4. The van der Waals surface area contributed by atoms with Crippen molar-refractivity contribution < 1.29 is 22.7 Å². The van der Waals surface area contributed by atoms with Crippen LogP contribution in [0.1, 0.15) is 15.9 Å². The van der Waals surface area contributed by atoms with Gasteiger partial charge in [0.05, 0.1) is 29.0 Å². The molecule has 0 atom stereocenters. The van der Waals surface area contributed by atoms with Crippen molar-refractivity contribution in [3.05, 3.63) is 59.7 Å². The molecule has 31 heavy (non-hydrogen) atoms. The number of thiazole rings is 1. The summed E-state index contributed by atoms with van der Waals surface area (Å²) in [7, 11) is 0.